The van der Waals surface area contributed by atoms with E-state index in [1.54, 1.807) is 19.2 Å². The summed E-state index contributed by atoms with van der Waals surface area (Å²) in [6.45, 7) is 5.61. The molecule has 1 aromatic rings. The van der Waals surface area contributed by atoms with E-state index in [1.165, 1.54) is 6.07 Å². The quantitative estimate of drug-likeness (QED) is 0.773. The van der Waals surface area contributed by atoms with Crippen molar-refractivity contribution in [2.24, 2.45) is 0 Å². The number of carbonyl (C=O) groups is 1. The third-order valence-electron chi connectivity index (χ3n) is 4.76. The smallest absolute Gasteiger partial charge is 0.411 e. The summed E-state index contributed by atoms with van der Waals surface area (Å²) >= 11 is 0. The van der Waals surface area contributed by atoms with E-state index >= 15 is 0 Å². The van der Waals surface area contributed by atoms with Crippen molar-refractivity contribution in [3.05, 3.63) is 35.7 Å². The van der Waals surface area contributed by atoms with Crippen molar-refractivity contribution < 1.29 is 18.7 Å². The van der Waals surface area contributed by atoms with Crippen molar-refractivity contribution in [1.29, 1.82) is 0 Å². The Morgan fingerprint density at radius 2 is 2.04 bits per heavy atom. The minimum absolute atomic E-state index is 0.0397. The van der Waals surface area contributed by atoms with Crippen molar-refractivity contribution >= 4 is 11.7 Å². The molecule has 3 rings (SSSR count). The number of carbonyl (C=O) groups excluding carboxylic acids is 1. The first-order chi connectivity index (χ1) is 11.8. The molecule has 4 nitrogen and oxygen atoms in total. The highest BCUT2D eigenvalue weighted by Gasteiger charge is 2.40. The van der Waals surface area contributed by atoms with E-state index in [0.29, 0.717) is 17.7 Å². The number of piperidine rings is 1. The Hall–Kier alpha value is -2.04. The molecule has 1 amide bonds. The lowest BCUT2D eigenvalue weighted by molar-refractivity contribution is 0.0000746. The molecule has 2 aliphatic heterocycles. The van der Waals surface area contributed by atoms with Gasteiger partial charge in [-0.25, -0.2) is 9.18 Å². The topological polar surface area (TPSA) is 38.8 Å². The lowest BCUT2D eigenvalue weighted by Gasteiger charge is -2.45. The molecule has 0 aliphatic carbocycles. The fourth-order valence-corrected chi connectivity index (χ4v) is 3.80. The first-order valence-electron chi connectivity index (χ1n) is 8.85. The molecule has 136 valence electrons. The van der Waals surface area contributed by atoms with Crippen LogP contribution in [0.25, 0.3) is 5.57 Å². The second-order valence-corrected chi connectivity index (χ2v) is 7.75. The van der Waals surface area contributed by atoms with Gasteiger partial charge in [-0.1, -0.05) is 12.1 Å². The van der Waals surface area contributed by atoms with Crippen LogP contribution in [0.2, 0.25) is 0 Å². The van der Waals surface area contributed by atoms with Gasteiger partial charge in [0, 0.05) is 6.04 Å². The number of hydrogen-bond donors (Lipinski definition) is 0. The van der Waals surface area contributed by atoms with Gasteiger partial charge in [0.15, 0.2) is 0 Å². The van der Waals surface area contributed by atoms with Gasteiger partial charge in [-0.05, 0) is 64.2 Å². The summed E-state index contributed by atoms with van der Waals surface area (Å²) in [5, 5.41) is 0. The number of fused-ring (bicyclic) bond motifs is 2. The summed E-state index contributed by atoms with van der Waals surface area (Å²) < 4.78 is 25.4. The summed E-state index contributed by atoms with van der Waals surface area (Å²) in [6, 6.07) is 4.86. The van der Waals surface area contributed by atoms with E-state index in [1.807, 2.05) is 31.7 Å². The molecule has 0 spiro atoms. The van der Waals surface area contributed by atoms with E-state index in [4.69, 9.17) is 9.47 Å². The second kappa shape index (κ2) is 6.70. The van der Waals surface area contributed by atoms with E-state index in [0.717, 1.165) is 24.8 Å². The van der Waals surface area contributed by atoms with Gasteiger partial charge in [-0.3, -0.25) is 4.90 Å². The minimum Gasteiger partial charge on any atom is -0.496 e. The molecule has 25 heavy (non-hydrogen) atoms. The summed E-state index contributed by atoms with van der Waals surface area (Å²) in [5.41, 5.74) is 0.916. The van der Waals surface area contributed by atoms with Crippen LogP contribution in [0.4, 0.5) is 9.18 Å². The van der Waals surface area contributed by atoms with Crippen LogP contribution >= 0.6 is 0 Å². The van der Waals surface area contributed by atoms with Crippen LogP contribution in [0, 0.1) is 5.82 Å². The maximum Gasteiger partial charge on any atom is 0.411 e. The van der Waals surface area contributed by atoms with Crippen LogP contribution in [-0.2, 0) is 4.74 Å². The van der Waals surface area contributed by atoms with Gasteiger partial charge in [-0.15, -0.1) is 0 Å². The van der Waals surface area contributed by atoms with Gasteiger partial charge in [0.1, 0.15) is 17.2 Å². The summed E-state index contributed by atoms with van der Waals surface area (Å²) in [6.07, 6.45) is 5.19. The maximum absolute atomic E-state index is 14.4. The van der Waals surface area contributed by atoms with Gasteiger partial charge < -0.3 is 9.47 Å². The molecule has 2 heterocycles. The summed E-state index contributed by atoms with van der Waals surface area (Å²) in [7, 11) is 1.55. The summed E-state index contributed by atoms with van der Waals surface area (Å²) in [5.74, 6) is 0.254. The molecule has 2 bridgehead atoms. The SMILES string of the molecule is COc1cccc(F)c1C1=CC2CCCC(C1)N2C(=O)OC(C)(C)C. The lowest BCUT2D eigenvalue weighted by Crippen LogP contribution is -2.53. The molecular weight excluding hydrogens is 321 g/mol. The molecule has 0 N–H and O–H groups in total. The van der Waals surface area contributed by atoms with Crippen molar-refractivity contribution in [1.82, 2.24) is 4.90 Å². The Bertz CT molecular complexity index is 693. The molecule has 0 radical (unpaired) electrons. The second-order valence-electron chi connectivity index (χ2n) is 7.75. The number of ether oxygens (including phenoxy) is 2. The molecule has 1 fully saturated rings. The minimum atomic E-state index is -0.524. The Labute approximate surface area is 148 Å². The molecule has 2 aliphatic rings. The van der Waals surface area contributed by atoms with Crippen LogP contribution in [0.3, 0.4) is 0 Å². The first-order valence-corrected chi connectivity index (χ1v) is 8.85. The molecule has 1 aromatic carbocycles. The predicted octanol–water partition coefficient (Wildman–Crippen LogP) is 4.78. The van der Waals surface area contributed by atoms with Crippen LogP contribution < -0.4 is 4.74 Å². The molecule has 0 aromatic heterocycles. The van der Waals surface area contributed by atoms with Crippen molar-refractivity contribution in [3.63, 3.8) is 0 Å². The highest BCUT2D eigenvalue weighted by Crippen LogP contribution is 2.41. The monoisotopic (exact) mass is 347 g/mol. The number of rotatable bonds is 2. The Morgan fingerprint density at radius 1 is 1.28 bits per heavy atom. The fourth-order valence-electron chi connectivity index (χ4n) is 3.80. The number of nitrogens with zero attached hydrogens (tertiary/aromatic N) is 1. The van der Waals surface area contributed by atoms with Gasteiger partial charge in [0.25, 0.3) is 0 Å². The molecule has 0 saturated carbocycles. The third-order valence-corrected chi connectivity index (χ3v) is 4.76. The first kappa shape index (κ1) is 17.8. The zero-order valence-electron chi connectivity index (χ0n) is 15.3. The highest BCUT2D eigenvalue weighted by atomic mass is 19.1. The fraction of sp³-hybridized carbons (Fsp3) is 0.550. The van der Waals surface area contributed by atoms with Crippen LogP contribution in [0.1, 0.15) is 52.0 Å². The third kappa shape index (κ3) is 3.65. The Kier molecular flexibility index (Phi) is 4.76. The van der Waals surface area contributed by atoms with Gasteiger partial charge in [0.05, 0.1) is 18.7 Å². The van der Waals surface area contributed by atoms with Gasteiger partial charge in [0.2, 0.25) is 0 Å². The number of halogens is 1. The van der Waals surface area contributed by atoms with Gasteiger partial charge in [-0.2, -0.15) is 0 Å². The molecule has 5 heteroatoms. The van der Waals surface area contributed by atoms with Crippen LogP contribution in [0.15, 0.2) is 24.3 Å². The van der Waals surface area contributed by atoms with Crippen LogP contribution in [0.5, 0.6) is 5.75 Å². The molecule has 1 saturated heterocycles. The van der Waals surface area contributed by atoms with E-state index in [-0.39, 0.29) is 24.0 Å². The zero-order valence-corrected chi connectivity index (χ0v) is 15.3. The highest BCUT2D eigenvalue weighted by molar-refractivity contribution is 5.77. The average molecular weight is 347 g/mol. The number of amides is 1. The zero-order chi connectivity index (χ0) is 18.2. The number of methoxy groups -OCH3 is 1. The number of hydrogen-bond acceptors (Lipinski definition) is 3. The molecule has 2 atom stereocenters. The lowest BCUT2D eigenvalue weighted by atomic mass is 9.82. The average Bonchev–Trinajstić information content (AvgIpc) is 2.51. The Balaban J connectivity index is 1.93. The number of benzene rings is 1. The summed E-state index contributed by atoms with van der Waals surface area (Å²) in [4.78, 5) is 14.5. The Morgan fingerprint density at radius 3 is 2.68 bits per heavy atom. The molecule has 2 unspecified atom stereocenters. The van der Waals surface area contributed by atoms with Crippen LogP contribution in [-0.4, -0.2) is 35.8 Å². The maximum atomic E-state index is 14.4. The standard InChI is InChI=1S/C20H26FNO3/c1-20(2,3)25-19(23)22-14-7-5-8-15(22)12-13(11-14)18-16(21)9-6-10-17(18)24-4/h6,9-11,14-15H,5,7-8,12H2,1-4H3. The largest absolute Gasteiger partial charge is 0.496 e. The van der Waals surface area contributed by atoms with E-state index in [2.05, 4.69) is 0 Å². The van der Waals surface area contributed by atoms with E-state index in [9.17, 15) is 9.18 Å². The van der Waals surface area contributed by atoms with Crippen molar-refractivity contribution in [3.8, 4) is 5.75 Å². The predicted molar refractivity (Wildman–Crippen MR) is 95.0 cm³/mol. The van der Waals surface area contributed by atoms with Crippen molar-refractivity contribution in [2.75, 3.05) is 7.11 Å². The molecular formula is C20H26FNO3. The van der Waals surface area contributed by atoms with E-state index < -0.39 is 5.60 Å². The van der Waals surface area contributed by atoms with Crippen molar-refractivity contribution in [2.45, 2.75) is 64.1 Å². The normalized spacial score (nSPS) is 23.1. The van der Waals surface area contributed by atoms with Gasteiger partial charge >= 0.3 is 6.09 Å².